The Labute approximate surface area is 216 Å². The van der Waals surface area contributed by atoms with Gasteiger partial charge in [-0.3, -0.25) is 9.35 Å². The van der Waals surface area contributed by atoms with Gasteiger partial charge in [0.05, 0.1) is 28.8 Å². The molecule has 0 fully saturated rings. The number of methoxy groups -OCH3 is 1. The fraction of sp³-hybridized carbons (Fsp3) is 0.105. The van der Waals surface area contributed by atoms with E-state index in [-0.39, 0.29) is 68.0 Å². The number of ether oxygens (including phenoxy) is 1. The van der Waals surface area contributed by atoms with Crippen LogP contribution in [0, 0.1) is 0 Å². The van der Waals surface area contributed by atoms with Crippen molar-refractivity contribution in [2.45, 2.75) is 16.7 Å². The van der Waals surface area contributed by atoms with Crippen molar-refractivity contribution in [2.24, 2.45) is 15.4 Å². The molecular weight excluding hydrogens is 499 g/mol. The van der Waals surface area contributed by atoms with Crippen LogP contribution in [0.25, 0.3) is 10.8 Å². The van der Waals surface area contributed by atoms with Gasteiger partial charge in [-0.15, -0.1) is 10.2 Å². The number of sulfonamides is 1. The van der Waals surface area contributed by atoms with E-state index in [0.717, 1.165) is 12.1 Å². The van der Waals surface area contributed by atoms with Crippen LogP contribution in [0.2, 0.25) is 0 Å². The third-order valence-electron chi connectivity index (χ3n) is 4.41. The average Bonchev–Trinajstić information content (AvgIpc) is 2.71. The molecule has 15 heteroatoms. The Hall–Kier alpha value is -2.59. The molecule has 0 bridgehead atoms. The van der Waals surface area contributed by atoms with Gasteiger partial charge in [0.25, 0.3) is 10.1 Å². The molecule has 3 aromatic carbocycles. The van der Waals surface area contributed by atoms with Crippen molar-refractivity contribution in [2.75, 3.05) is 12.4 Å². The molecule has 1 amide bonds. The number of nitrogens with two attached hydrogens (primary N) is 1. The fourth-order valence-corrected chi connectivity index (χ4v) is 4.29. The van der Waals surface area contributed by atoms with Gasteiger partial charge in [0.2, 0.25) is 15.9 Å². The Kier molecular flexibility index (Phi) is 8.42. The van der Waals surface area contributed by atoms with Gasteiger partial charge in [0.1, 0.15) is 22.1 Å². The summed E-state index contributed by atoms with van der Waals surface area (Å²) in [6.07, 6.45) is 0. The minimum absolute atomic E-state index is 0. The van der Waals surface area contributed by atoms with Crippen LogP contribution in [0.3, 0.4) is 0 Å². The topological polar surface area (TPSA) is 198 Å². The molecule has 0 saturated carbocycles. The summed E-state index contributed by atoms with van der Waals surface area (Å²) in [6.45, 7) is 1.22. The number of carbonyl (C=O) groups excluding carboxylic acids is 1. The van der Waals surface area contributed by atoms with Crippen molar-refractivity contribution >= 4 is 83.4 Å². The number of carbonyl (C=O) groups is 1. The Morgan fingerprint density at radius 1 is 1.00 bits per heavy atom. The molecule has 3 aromatic rings. The number of rotatable bonds is 6. The van der Waals surface area contributed by atoms with Gasteiger partial charge in [-0.2, -0.15) is 8.42 Å². The predicted molar refractivity (Wildman–Crippen MR) is 125 cm³/mol. The fourth-order valence-electron chi connectivity index (χ4n) is 3.05. The van der Waals surface area contributed by atoms with Gasteiger partial charge >= 0.3 is 29.6 Å². The standard InChI is InChI=1S/C19H18N4O8S2.Na.H/c1-10(24)21-12-5-8-17(33(28,29)30)19-13(4-6-15(25)18(12)19)22-23-14-9-11(32(20,26)27)3-7-16(14)31-2;;/h3-9,25H,1-2H3,(H,21,24)(H2,20,26,27)(H,28,29,30);;. The first-order valence-electron chi connectivity index (χ1n) is 8.99. The van der Waals surface area contributed by atoms with Crippen LogP contribution in [-0.4, -0.2) is 69.1 Å². The van der Waals surface area contributed by atoms with E-state index in [9.17, 15) is 31.3 Å². The van der Waals surface area contributed by atoms with Crippen LogP contribution >= 0.6 is 0 Å². The summed E-state index contributed by atoms with van der Waals surface area (Å²) >= 11 is 0. The van der Waals surface area contributed by atoms with E-state index in [2.05, 4.69) is 15.5 Å². The van der Waals surface area contributed by atoms with Crippen LogP contribution in [-0.2, 0) is 24.9 Å². The summed E-state index contributed by atoms with van der Waals surface area (Å²) < 4.78 is 62.1. The van der Waals surface area contributed by atoms with Crippen molar-refractivity contribution in [3.05, 3.63) is 42.5 Å². The number of hydrogen-bond donors (Lipinski definition) is 4. The molecule has 0 heterocycles. The Morgan fingerprint density at radius 2 is 1.65 bits per heavy atom. The van der Waals surface area contributed by atoms with E-state index in [1.165, 1.54) is 44.4 Å². The number of primary sulfonamides is 1. The molecule has 0 aliphatic carbocycles. The zero-order valence-electron chi connectivity index (χ0n) is 17.2. The zero-order valence-corrected chi connectivity index (χ0v) is 18.8. The SMILES string of the molecule is COc1ccc(S(N)(=O)=O)cc1N=Nc1ccc(O)c2c(NC(C)=O)ccc(S(=O)(=O)O)c12.[NaH]. The first-order valence-corrected chi connectivity index (χ1v) is 12.0. The second-order valence-corrected chi connectivity index (χ2v) is 9.65. The summed E-state index contributed by atoms with van der Waals surface area (Å²) in [5.74, 6) is -0.748. The summed E-state index contributed by atoms with van der Waals surface area (Å²) in [5, 5.41) is 25.6. The number of azo groups is 1. The maximum atomic E-state index is 12.0. The number of anilines is 1. The summed E-state index contributed by atoms with van der Waals surface area (Å²) in [7, 11) is -7.52. The molecule has 176 valence electrons. The summed E-state index contributed by atoms with van der Waals surface area (Å²) in [4.78, 5) is 10.7. The van der Waals surface area contributed by atoms with E-state index in [1.54, 1.807) is 0 Å². The normalized spacial score (nSPS) is 11.9. The molecule has 0 atom stereocenters. The Balaban J connectivity index is 0.00000408. The van der Waals surface area contributed by atoms with Crippen LogP contribution in [0.15, 0.2) is 62.5 Å². The molecule has 5 N–H and O–H groups in total. The van der Waals surface area contributed by atoms with E-state index in [0.29, 0.717) is 0 Å². The van der Waals surface area contributed by atoms with Gasteiger partial charge in [-0.05, 0) is 42.5 Å². The third kappa shape index (κ3) is 5.90. The molecule has 0 aliphatic rings. The van der Waals surface area contributed by atoms with Crippen molar-refractivity contribution < 1.29 is 36.0 Å². The molecule has 3 rings (SSSR count). The van der Waals surface area contributed by atoms with Crippen LogP contribution < -0.4 is 15.2 Å². The van der Waals surface area contributed by atoms with Crippen LogP contribution in [0.4, 0.5) is 17.1 Å². The minimum atomic E-state index is -4.78. The molecular formula is C19H19N4NaO8S2. The number of fused-ring (bicyclic) bond motifs is 1. The predicted octanol–water partition coefficient (Wildman–Crippen LogP) is 2.17. The Bertz CT molecular complexity index is 1520. The van der Waals surface area contributed by atoms with Crippen LogP contribution in [0.5, 0.6) is 11.5 Å². The second-order valence-electron chi connectivity index (χ2n) is 6.70. The van der Waals surface area contributed by atoms with E-state index < -0.39 is 36.7 Å². The molecule has 0 unspecified atom stereocenters. The summed E-state index contributed by atoms with van der Waals surface area (Å²) in [5.41, 5.74) is -0.101. The molecule has 12 nitrogen and oxygen atoms in total. The zero-order chi connectivity index (χ0) is 24.6. The quantitative estimate of drug-likeness (QED) is 0.216. The third-order valence-corrected chi connectivity index (χ3v) is 6.22. The molecule has 0 spiro atoms. The van der Waals surface area contributed by atoms with Gasteiger partial charge in [0.15, 0.2) is 0 Å². The number of nitrogens with zero attached hydrogens (tertiary/aromatic N) is 2. The number of phenols is 1. The number of amides is 1. The molecule has 34 heavy (non-hydrogen) atoms. The number of phenolic OH excluding ortho intramolecular Hbond substituents is 1. The van der Waals surface area contributed by atoms with E-state index >= 15 is 0 Å². The van der Waals surface area contributed by atoms with Crippen molar-refractivity contribution in [1.29, 1.82) is 0 Å². The van der Waals surface area contributed by atoms with Crippen molar-refractivity contribution in [3.63, 3.8) is 0 Å². The average molecular weight is 519 g/mol. The second kappa shape index (κ2) is 10.4. The molecule has 0 radical (unpaired) electrons. The van der Waals surface area contributed by atoms with Crippen molar-refractivity contribution in [3.8, 4) is 11.5 Å². The monoisotopic (exact) mass is 518 g/mol. The van der Waals surface area contributed by atoms with E-state index in [1.807, 2.05) is 0 Å². The van der Waals surface area contributed by atoms with Gasteiger partial charge in [-0.1, -0.05) is 0 Å². The number of benzene rings is 3. The van der Waals surface area contributed by atoms with Crippen molar-refractivity contribution in [1.82, 2.24) is 0 Å². The molecule has 0 saturated heterocycles. The first-order chi connectivity index (χ1) is 15.3. The number of nitrogens with one attached hydrogen (secondary N) is 1. The Morgan fingerprint density at radius 3 is 2.21 bits per heavy atom. The van der Waals surface area contributed by atoms with Gasteiger partial charge < -0.3 is 15.2 Å². The molecule has 0 aliphatic heterocycles. The van der Waals surface area contributed by atoms with Crippen LogP contribution in [0.1, 0.15) is 6.92 Å². The maximum absolute atomic E-state index is 12.0. The molecule has 0 aromatic heterocycles. The van der Waals surface area contributed by atoms with Gasteiger partial charge in [0, 0.05) is 12.3 Å². The number of aromatic hydroxyl groups is 1. The summed E-state index contributed by atoms with van der Waals surface area (Å²) in [6, 6.07) is 8.26. The first kappa shape index (κ1) is 27.7. The van der Waals surface area contributed by atoms with Gasteiger partial charge in [-0.25, -0.2) is 13.6 Å². The number of hydrogen-bond acceptors (Lipinski definition) is 9. The van der Waals surface area contributed by atoms with E-state index in [4.69, 9.17) is 9.88 Å².